The van der Waals surface area contributed by atoms with Crippen molar-refractivity contribution in [2.24, 2.45) is 5.92 Å². The van der Waals surface area contributed by atoms with Crippen molar-refractivity contribution in [2.45, 2.75) is 45.7 Å². The molecule has 0 radical (unpaired) electrons. The van der Waals surface area contributed by atoms with Crippen molar-refractivity contribution in [1.29, 1.82) is 0 Å². The molecule has 2 heterocycles. The topological polar surface area (TPSA) is 43.4 Å². The number of halogens is 1. The SMILES string of the molecule is CC(C)(C)NCc1cc(F)cnc1OCC1CCOCC1. The molecule has 2 rings (SSSR count). The van der Waals surface area contributed by atoms with Gasteiger partial charge in [0.05, 0.1) is 12.8 Å². The molecular weight excluding hydrogens is 271 g/mol. The fourth-order valence-corrected chi connectivity index (χ4v) is 2.20. The number of ether oxygens (including phenoxy) is 2. The smallest absolute Gasteiger partial charge is 0.218 e. The minimum Gasteiger partial charge on any atom is -0.477 e. The molecule has 1 saturated heterocycles. The fourth-order valence-electron chi connectivity index (χ4n) is 2.20. The Kier molecular flexibility index (Phi) is 5.53. The highest BCUT2D eigenvalue weighted by Crippen LogP contribution is 2.20. The van der Waals surface area contributed by atoms with Crippen molar-refractivity contribution in [3.8, 4) is 5.88 Å². The number of nitrogens with one attached hydrogen (secondary N) is 1. The van der Waals surface area contributed by atoms with Crippen LogP contribution >= 0.6 is 0 Å². The van der Waals surface area contributed by atoms with E-state index in [4.69, 9.17) is 9.47 Å². The largest absolute Gasteiger partial charge is 0.477 e. The average Bonchev–Trinajstić information content (AvgIpc) is 2.44. The summed E-state index contributed by atoms with van der Waals surface area (Å²) in [4.78, 5) is 4.09. The van der Waals surface area contributed by atoms with Crippen molar-refractivity contribution < 1.29 is 13.9 Å². The first kappa shape index (κ1) is 16.2. The normalized spacial score (nSPS) is 17.0. The van der Waals surface area contributed by atoms with E-state index < -0.39 is 0 Å². The second kappa shape index (κ2) is 7.18. The van der Waals surface area contributed by atoms with Gasteiger partial charge in [0.15, 0.2) is 0 Å². The van der Waals surface area contributed by atoms with Crippen molar-refractivity contribution >= 4 is 0 Å². The Morgan fingerprint density at radius 2 is 2.10 bits per heavy atom. The molecule has 118 valence electrons. The summed E-state index contributed by atoms with van der Waals surface area (Å²) in [7, 11) is 0. The summed E-state index contributed by atoms with van der Waals surface area (Å²) in [5.41, 5.74) is 0.724. The lowest BCUT2D eigenvalue weighted by molar-refractivity contribution is 0.0488. The van der Waals surface area contributed by atoms with Gasteiger partial charge in [-0.05, 0) is 45.6 Å². The molecule has 21 heavy (non-hydrogen) atoms. The highest BCUT2D eigenvalue weighted by atomic mass is 19.1. The molecule has 0 spiro atoms. The molecule has 0 amide bonds. The van der Waals surface area contributed by atoms with Crippen LogP contribution in [0.1, 0.15) is 39.2 Å². The van der Waals surface area contributed by atoms with E-state index in [2.05, 4.69) is 31.1 Å². The average molecular weight is 296 g/mol. The van der Waals surface area contributed by atoms with Crippen molar-refractivity contribution in [3.05, 3.63) is 23.6 Å². The van der Waals surface area contributed by atoms with Crippen LogP contribution in [0.4, 0.5) is 4.39 Å². The molecule has 0 bridgehead atoms. The van der Waals surface area contributed by atoms with Gasteiger partial charge in [0.2, 0.25) is 5.88 Å². The minimum absolute atomic E-state index is 0.0374. The third-order valence-electron chi connectivity index (χ3n) is 3.50. The van der Waals surface area contributed by atoms with E-state index in [0.717, 1.165) is 31.6 Å². The number of pyridine rings is 1. The predicted octanol–water partition coefficient (Wildman–Crippen LogP) is 2.91. The third-order valence-corrected chi connectivity index (χ3v) is 3.50. The number of aromatic nitrogens is 1. The van der Waals surface area contributed by atoms with Crippen LogP contribution in [0.3, 0.4) is 0 Å². The molecular formula is C16H25FN2O2. The summed E-state index contributed by atoms with van der Waals surface area (Å²) in [5.74, 6) is 0.688. The molecule has 0 saturated carbocycles. The zero-order valence-electron chi connectivity index (χ0n) is 13.1. The summed E-state index contributed by atoms with van der Waals surface area (Å²) in [6.07, 6.45) is 3.23. The van der Waals surface area contributed by atoms with Gasteiger partial charge in [0.1, 0.15) is 5.82 Å². The van der Waals surface area contributed by atoms with Crippen molar-refractivity contribution in [3.63, 3.8) is 0 Å². The fraction of sp³-hybridized carbons (Fsp3) is 0.688. The monoisotopic (exact) mass is 296 g/mol. The second-order valence-corrected chi connectivity index (χ2v) is 6.59. The zero-order valence-corrected chi connectivity index (χ0v) is 13.1. The van der Waals surface area contributed by atoms with Crippen LogP contribution in [0.2, 0.25) is 0 Å². The summed E-state index contributed by atoms with van der Waals surface area (Å²) in [6.45, 7) is 8.96. The van der Waals surface area contributed by atoms with E-state index in [1.165, 1.54) is 12.3 Å². The molecule has 1 fully saturated rings. The number of hydrogen-bond donors (Lipinski definition) is 1. The maximum atomic E-state index is 13.4. The Labute approximate surface area is 126 Å². The van der Waals surface area contributed by atoms with E-state index >= 15 is 0 Å². The molecule has 0 aromatic carbocycles. The molecule has 5 heteroatoms. The molecule has 1 aromatic heterocycles. The molecule has 0 aliphatic carbocycles. The molecule has 1 aromatic rings. The van der Waals surface area contributed by atoms with E-state index in [9.17, 15) is 4.39 Å². The second-order valence-electron chi connectivity index (χ2n) is 6.59. The Bertz CT molecular complexity index is 454. The summed E-state index contributed by atoms with van der Waals surface area (Å²) < 4.78 is 24.6. The summed E-state index contributed by atoms with van der Waals surface area (Å²) in [5, 5.41) is 3.34. The zero-order chi connectivity index (χ0) is 15.3. The van der Waals surface area contributed by atoms with Crippen LogP contribution in [0.25, 0.3) is 0 Å². The van der Waals surface area contributed by atoms with Gasteiger partial charge in [-0.1, -0.05) is 0 Å². The van der Waals surface area contributed by atoms with E-state index in [1.807, 2.05) is 0 Å². The Hall–Kier alpha value is -1.20. The predicted molar refractivity (Wildman–Crippen MR) is 79.8 cm³/mol. The van der Waals surface area contributed by atoms with Gasteiger partial charge in [0.25, 0.3) is 0 Å². The third kappa shape index (κ3) is 5.59. The van der Waals surface area contributed by atoms with Crippen LogP contribution < -0.4 is 10.1 Å². The van der Waals surface area contributed by atoms with Crippen molar-refractivity contribution in [1.82, 2.24) is 10.3 Å². The first-order chi connectivity index (χ1) is 9.94. The molecule has 0 atom stereocenters. The highest BCUT2D eigenvalue weighted by Gasteiger charge is 2.17. The van der Waals surface area contributed by atoms with Gasteiger partial charge in [-0.3, -0.25) is 0 Å². The standard InChI is InChI=1S/C16H25FN2O2/c1-16(2,3)19-9-13-8-14(17)10-18-15(13)21-11-12-4-6-20-7-5-12/h8,10,12,19H,4-7,9,11H2,1-3H3. The lowest BCUT2D eigenvalue weighted by Gasteiger charge is -2.23. The highest BCUT2D eigenvalue weighted by molar-refractivity contribution is 5.26. The Morgan fingerprint density at radius 1 is 1.38 bits per heavy atom. The van der Waals surface area contributed by atoms with Crippen LogP contribution in [-0.4, -0.2) is 30.3 Å². The number of hydrogen-bond acceptors (Lipinski definition) is 4. The van der Waals surface area contributed by atoms with Crippen molar-refractivity contribution in [2.75, 3.05) is 19.8 Å². The van der Waals surface area contributed by atoms with Gasteiger partial charge < -0.3 is 14.8 Å². The maximum Gasteiger partial charge on any atom is 0.218 e. The number of rotatable bonds is 5. The van der Waals surface area contributed by atoms with Gasteiger partial charge >= 0.3 is 0 Å². The lowest BCUT2D eigenvalue weighted by Crippen LogP contribution is -2.35. The van der Waals surface area contributed by atoms with Crippen LogP contribution in [0.15, 0.2) is 12.3 Å². The van der Waals surface area contributed by atoms with Gasteiger partial charge in [-0.25, -0.2) is 9.37 Å². The first-order valence-corrected chi connectivity index (χ1v) is 7.54. The van der Waals surface area contributed by atoms with Gasteiger partial charge in [-0.2, -0.15) is 0 Å². The van der Waals surface area contributed by atoms with Gasteiger partial charge in [0, 0.05) is 30.9 Å². The molecule has 1 aliphatic heterocycles. The minimum atomic E-state index is -0.334. The maximum absolute atomic E-state index is 13.4. The van der Waals surface area contributed by atoms with Crippen LogP contribution in [0.5, 0.6) is 5.88 Å². The first-order valence-electron chi connectivity index (χ1n) is 7.54. The van der Waals surface area contributed by atoms with E-state index in [0.29, 0.717) is 24.9 Å². The molecule has 1 aliphatic rings. The number of nitrogens with zero attached hydrogens (tertiary/aromatic N) is 1. The molecule has 0 unspecified atom stereocenters. The van der Waals surface area contributed by atoms with Crippen LogP contribution in [-0.2, 0) is 11.3 Å². The lowest BCUT2D eigenvalue weighted by atomic mass is 10.0. The summed E-state index contributed by atoms with van der Waals surface area (Å²) >= 11 is 0. The molecule has 1 N–H and O–H groups in total. The van der Waals surface area contributed by atoms with Crippen LogP contribution in [0, 0.1) is 11.7 Å². The Morgan fingerprint density at radius 3 is 2.76 bits per heavy atom. The quantitative estimate of drug-likeness (QED) is 0.907. The summed E-state index contributed by atoms with van der Waals surface area (Å²) in [6, 6.07) is 1.49. The van der Waals surface area contributed by atoms with E-state index in [1.54, 1.807) is 0 Å². The van der Waals surface area contributed by atoms with E-state index in [-0.39, 0.29) is 11.4 Å². The molecule has 4 nitrogen and oxygen atoms in total. The Balaban J connectivity index is 1.96. The van der Waals surface area contributed by atoms with Gasteiger partial charge in [-0.15, -0.1) is 0 Å².